The van der Waals surface area contributed by atoms with Gasteiger partial charge in [0.2, 0.25) is 0 Å². The lowest BCUT2D eigenvalue weighted by atomic mass is 10.1. The minimum atomic E-state index is 0.598. The Bertz CT molecular complexity index is 674. The quantitative estimate of drug-likeness (QED) is 0.790. The second-order valence-corrected chi connectivity index (χ2v) is 5.42. The van der Waals surface area contributed by atoms with Gasteiger partial charge in [-0.1, -0.05) is 31.2 Å². The molecule has 0 aliphatic carbocycles. The van der Waals surface area contributed by atoms with Crippen molar-refractivity contribution in [3.8, 4) is 11.5 Å². The number of rotatable bonds is 6. The minimum Gasteiger partial charge on any atom is -0.493 e. The lowest BCUT2D eigenvalue weighted by Gasteiger charge is -2.14. The van der Waals surface area contributed by atoms with Gasteiger partial charge in [-0.05, 0) is 48.0 Å². The molecule has 2 aromatic carbocycles. The third-order valence-corrected chi connectivity index (χ3v) is 3.79. The molecule has 0 fully saturated rings. The monoisotopic (exact) mass is 330 g/mol. The predicted molar refractivity (Wildman–Crippen MR) is 98.4 cm³/mol. The molecular formula is C18H22N2O2S. The Morgan fingerprint density at radius 3 is 2.48 bits per heavy atom. The molecule has 122 valence electrons. The fraction of sp³-hybridized carbons (Fsp3) is 0.278. The molecule has 23 heavy (non-hydrogen) atoms. The smallest absolute Gasteiger partial charge is 0.171 e. The molecule has 0 aliphatic heterocycles. The van der Waals surface area contributed by atoms with Gasteiger partial charge in [-0.3, -0.25) is 0 Å². The van der Waals surface area contributed by atoms with Gasteiger partial charge in [0, 0.05) is 12.2 Å². The molecule has 0 saturated carbocycles. The molecule has 5 heteroatoms. The molecule has 0 aliphatic rings. The Kier molecular flexibility index (Phi) is 6.23. The zero-order valence-corrected chi connectivity index (χ0v) is 14.5. The molecule has 0 heterocycles. The number of hydrogen-bond acceptors (Lipinski definition) is 3. The van der Waals surface area contributed by atoms with Crippen LogP contribution >= 0.6 is 12.2 Å². The van der Waals surface area contributed by atoms with Gasteiger partial charge in [0.05, 0.1) is 14.2 Å². The maximum atomic E-state index is 5.37. The molecule has 4 nitrogen and oxygen atoms in total. The summed E-state index contributed by atoms with van der Waals surface area (Å²) in [5.74, 6) is 1.43. The van der Waals surface area contributed by atoms with Crippen LogP contribution in [0, 0.1) is 0 Å². The highest BCUT2D eigenvalue weighted by molar-refractivity contribution is 7.80. The number of thiocarbonyl (C=S) groups is 1. The fourth-order valence-electron chi connectivity index (χ4n) is 2.29. The van der Waals surface area contributed by atoms with Gasteiger partial charge in [-0.15, -0.1) is 0 Å². The molecule has 0 aromatic heterocycles. The van der Waals surface area contributed by atoms with Crippen molar-refractivity contribution in [2.24, 2.45) is 0 Å². The van der Waals surface area contributed by atoms with Gasteiger partial charge >= 0.3 is 0 Å². The fourth-order valence-corrected chi connectivity index (χ4v) is 2.47. The van der Waals surface area contributed by atoms with E-state index in [2.05, 4.69) is 23.6 Å². The molecule has 0 bridgehead atoms. The average molecular weight is 330 g/mol. The van der Waals surface area contributed by atoms with Crippen LogP contribution in [0.15, 0.2) is 42.5 Å². The van der Waals surface area contributed by atoms with Crippen LogP contribution in [-0.4, -0.2) is 19.3 Å². The van der Waals surface area contributed by atoms with E-state index in [0.29, 0.717) is 23.2 Å². The van der Waals surface area contributed by atoms with Crippen molar-refractivity contribution in [2.75, 3.05) is 19.5 Å². The summed E-state index contributed by atoms with van der Waals surface area (Å²) in [5, 5.41) is 7.06. The number of aryl methyl sites for hydroxylation is 1. The summed E-state index contributed by atoms with van der Waals surface area (Å²) in [7, 11) is 3.25. The number of benzene rings is 2. The van der Waals surface area contributed by atoms with Crippen LogP contribution in [0.2, 0.25) is 0 Å². The van der Waals surface area contributed by atoms with Gasteiger partial charge in [0.15, 0.2) is 16.6 Å². The summed E-state index contributed by atoms with van der Waals surface area (Å²) >= 11 is 5.37. The molecule has 2 rings (SSSR count). The highest BCUT2D eigenvalue weighted by Crippen LogP contribution is 2.27. The van der Waals surface area contributed by atoms with Crippen molar-refractivity contribution in [3.63, 3.8) is 0 Å². The summed E-state index contributed by atoms with van der Waals surface area (Å²) in [5.41, 5.74) is 3.35. The van der Waals surface area contributed by atoms with Gasteiger partial charge < -0.3 is 20.1 Å². The number of anilines is 1. The topological polar surface area (TPSA) is 42.5 Å². The van der Waals surface area contributed by atoms with Crippen LogP contribution < -0.4 is 20.1 Å². The van der Waals surface area contributed by atoms with E-state index in [0.717, 1.165) is 17.7 Å². The first-order valence-corrected chi connectivity index (χ1v) is 7.92. The van der Waals surface area contributed by atoms with Crippen LogP contribution in [0.1, 0.15) is 18.1 Å². The molecule has 0 radical (unpaired) electrons. The molecule has 2 N–H and O–H groups in total. The highest BCUT2D eigenvalue weighted by atomic mass is 32.1. The maximum absolute atomic E-state index is 5.37. The molecule has 0 spiro atoms. The average Bonchev–Trinajstić information content (AvgIpc) is 2.60. The van der Waals surface area contributed by atoms with E-state index in [9.17, 15) is 0 Å². The standard InChI is InChI=1S/C18H22N2O2S/c1-4-14-7-5-6-8-15(14)20-18(23)19-12-13-9-10-16(21-2)17(11-13)22-3/h5-11H,4,12H2,1-3H3,(H2,19,20,23). The lowest BCUT2D eigenvalue weighted by molar-refractivity contribution is 0.354. The first kappa shape index (κ1) is 17.1. The van der Waals surface area contributed by atoms with E-state index in [1.807, 2.05) is 36.4 Å². The van der Waals surface area contributed by atoms with E-state index >= 15 is 0 Å². The molecule has 0 saturated heterocycles. The van der Waals surface area contributed by atoms with E-state index < -0.39 is 0 Å². The Hall–Kier alpha value is -2.27. The van der Waals surface area contributed by atoms with E-state index in [1.54, 1.807) is 14.2 Å². The molecule has 2 aromatic rings. The number of para-hydroxylation sites is 1. The van der Waals surface area contributed by atoms with E-state index in [-0.39, 0.29) is 0 Å². The van der Waals surface area contributed by atoms with Gasteiger partial charge in [-0.2, -0.15) is 0 Å². The maximum Gasteiger partial charge on any atom is 0.171 e. The largest absolute Gasteiger partial charge is 0.493 e. The number of ether oxygens (including phenoxy) is 2. The van der Waals surface area contributed by atoms with Crippen LogP contribution in [0.4, 0.5) is 5.69 Å². The summed E-state index contributed by atoms with van der Waals surface area (Å²) in [4.78, 5) is 0. The Balaban J connectivity index is 1.96. The Morgan fingerprint density at radius 2 is 1.78 bits per heavy atom. The van der Waals surface area contributed by atoms with Gasteiger partial charge in [-0.25, -0.2) is 0 Å². The summed E-state index contributed by atoms with van der Waals surface area (Å²) in [6, 6.07) is 14.0. The normalized spacial score (nSPS) is 10.0. The summed E-state index contributed by atoms with van der Waals surface area (Å²) in [6.45, 7) is 2.74. The second-order valence-electron chi connectivity index (χ2n) is 5.01. The Labute approximate surface area is 142 Å². The van der Waals surface area contributed by atoms with Crippen molar-refractivity contribution in [3.05, 3.63) is 53.6 Å². The van der Waals surface area contributed by atoms with E-state index in [1.165, 1.54) is 5.56 Å². The van der Waals surface area contributed by atoms with E-state index in [4.69, 9.17) is 21.7 Å². The van der Waals surface area contributed by atoms with Crippen LogP contribution in [0.3, 0.4) is 0 Å². The SMILES string of the molecule is CCc1ccccc1NC(=S)NCc1ccc(OC)c(OC)c1. The third kappa shape index (κ3) is 4.60. The first-order valence-electron chi connectivity index (χ1n) is 7.51. The van der Waals surface area contributed by atoms with Crippen molar-refractivity contribution < 1.29 is 9.47 Å². The first-order chi connectivity index (χ1) is 11.2. The Morgan fingerprint density at radius 1 is 1.04 bits per heavy atom. The van der Waals surface area contributed by atoms with Crippen LogP contribution in [0.25, 0.3) is 0 Å². The number of methoxy groups -OCH3 is 2. The third-order valence-electron chi connectivity index (χ3n) is 3.55. The van der Waals surface area contributed by atoms with Crippen LogP contribution in [-0.2, 0) is 13.0 Å². The molecular weight excluding hydrogens is 308 g/mol. The van der Waals surface area contributed by atoms with Gasteiger partial charge in [0.25, 0.3) is 0 Å². The van der Waals surface area contributed by atoms with Gasteiger partial charge in [0.1, 0.15) is 0 Å². The van der Waals surface area contributed by atoms with Crippen LogP contribution in [0.5, 0.6) is 11.5 Å². The molecule has 0 atom stereocenters. The predicted octanol–water partition coefficient (Wildman–Crippen LogP) is 3.75. The van der Waals surface area contributed by atoms with Crippen molar-refractivity contribution in [2.45, 2.75) is 19.9 Å². The zero-order valence-electron chi connectivity index (χ0n) is 13.7. The van der Waals surface area contributed by atoms with Crippen molar-refractivity contribution in [1.29, 1.82) is 0 Å². The minimum absolute atomic E-state index is 0.598. The summed E-state index contributed by atoms with van der Waals surface area (Å²) in [6.07, 6.45) is 0.960. The summed E-state index contributed by atoms with van der Waals surface area (Å²) < 4.78 is 10.5. The molecule has 0 amide bonds. The zero-order chi connectivity index (χ0) is 16.7. The molecule has 0 unspecified atom stereocenters. The number of hydrogen-bond donors (Lipinski definition) is 2. The second kappa shape index (κ2) is 8.39. The highest BCUT2D eigenvalue weighted by Gasteiger charge is 2.06. The van der Waals surface area contributed by atoms with Crippen molar-refractivity contribution >= 4 is 23.0 Å². The van der Waals surface area contributed by atoms with Crippen molar-refractivity contribution in [1.82, 2.24) is 5.32 Å². The number of nitrogens with one attached hydrogen (secondary N) is 2. The lowest BCUT2D eigenvalue weighted by Crippen LogP contribution is -2.28.